The van der Waals surface area contributed by atoms with Gasteiger partial charge in [-0.3, -0.25) is 0 Å². The fourth-order valence-corrected chi connectivity index (χ4v) is 2.40. The molecule has 0 aromatic heterocycles. The minimum atomic E-state index is -0.460. The van der Waals surface area contributed by atoms with Crippen LogP contribution in [0.25, 0.3) is 12.2 Å². The minimum Gasteiger partial charge on any atom is -0.496 e. The number of aryl methyl sites for hydroxylation is 1. The highest BCUT2D eigenvalue weighted by Gasteiger charge is 2.20. The quantitative estimate of drug-likeness (QED) is 0.589. The van der Waals surface area contributed by atoms with E-state index < -0.39 is 5.97 Å². The molecule has 0 radical (unpaired) electrons. The van der Waals surface area contributed by atoms with Gasteiger partial charge >= 0.3 is 5.97 Å². The zero-order valence-corrected chi connectivity index (χ0v) is 14.7. The number of cyclic esters (lactones) is 1. The van der Waals surface area contributed by atoms with Gasteiger partial charge in [-0.1, -0.05) is 60.2 Å². The normalized spacial score (nSPS) is 15.7. The summed E-state index contributed by atoms with van der Waals surface area (Å²) in [6, 6.07) is 15.7. The lowest BCUT2D eigenvalue weighted by atomic mass is 10.1. The largest absolute Gasteiger partial charge is 0.496 e. The predicted molar refractivity (Wildman–Crippen MR) is 104 cm³/mol. The number of allylic oxidation sites excluding steroid dienone is 2. The van der Waals surface area contributed by atoms with Crippen LogP contribution in [-0.4, -0.2) is 19.0 Å². The monoisotopic (exact) mass is 345 g/mol. The van der Waals surface area contributed by atoms with Crippen molar-refractivity contribution < 1.29 is 14.3 Å². The number of hydrogen-bond donors (Lipinski definition) is 0. The third-order valence-corrected chi connectivity index (χ3v) is 3.80. The van der Waals surface area contributed by atoms with Crippen LogP contribution < -0.4 is 4.74 Å². The molecule has 1 heterocycles. The van der Waals surface area contributed by atoms with Crippen LogP contribution in [0.2, 0.25) is 0 Å². The Balaban J connectivity index is 1.72. The molecular weight excluding hydrogens is 326 g/mol. The number of para-hydroxylation sites is 1. The average molecular weight is 345 g/mol. The molecule has 2 aromatic rings. The van der Waals surface area contributed by atoms with E-state index in [2.05, 4.69) is 4.99 Å². The fraction of sp³-hybridized carbons (Fsp3) is 0.0909. The summed E-state index contributed by atoms with van der Waals surface area (Å²) in [5, 5.41) is 0. The van der Waals surface area contributed by atoms with Gasteiger partial charge in [-0.25, -0.2) is 9.79 Å². The minimum absolute atomic E-state index is 0.264. The Bertz CT molecular complexity index is 919. The Morgan fingerprint density at radius 2 is 1.77 bits per heavy atom. The number of carbonyl (C=O) groups excluding carboxylic acids is 1. The molecule has 0 N–H and O–H groups in total. The molecule has 0 fully saturated rings. The lowest BCUT2D eigenvalue weighted by Gasteiger charge is -2.02. The van der Waals surface area contributed by atoms with E-state index in [0.29, 0.717) is 0 Å². The van der Waals surface area contributed by atoms with Crippen LogP contribution in [0.4, 0.5) is 0 Å². The maximum atomic E-state index is 11.9. The van der Waals surface area contributed by atoms with Gasteiger partial charge in [0.05, 0.1) is 7.11 Å². The topological polar surface area (TPSA) is 47.9 Å². The molecule has 130 valence electrons. The van der Waals surface area contributed by atoms with Crippen LogP contribution in [0.15, 0.2) is 77.4 Å². The molecule has 0 aliphatic carbocycles. The Morgan fingerprint density at radius 1 is 1.00 bits per heavy atom. The van der Waals surface area contributed by atoms with Crippen molar-refractivity contribution in [3.63, 3.8) is 0 Å². The molecule has 1 aliphatic heterocycles. The Labute approximate surface area is 152 Å². The van der Waals surface area contributed by atoms with E-state index >= 15 is 0 Å². The summed E-state index contributed by atoms with van der Waals surface area (Å²) < 4.78 is 10.5. The molecule has 0 unspecified atom stereocenters. The van der Waals surface area contributed by atoms with Crippen molar-refractivity contribution in [3.8, 4) is 5.75 Å². The lowest BCUT2D eigenvalue weighted by Crippen LogP contribution is -2.00. The molecule has 1 aliphatic rings. The van der Waals surface area contributed by atoms with Crippen LogP contribution in [-0.2, 0) is 9.53 Å². The highest BCUT2D eigenvalue weighted by molar-refractivity contribution is 6.09. The Kier molecular flexibility index (Phi) is 5.44. The number of ether oxygens (including phenoxy) is 2. The van der Waals surface area contributed by atoms with E-state index in [9.17, 15) is 4.79 Å². The summed E-state index contributed by atoms with van der Waals surface area (Å²) in [4.78, 5) is 16.1. The second-order valence-corrected chi connectivity index (χ2v) is 5.74. The van der Waals surface area contributed by atoms with Crippen molar-refractivity contribution in [3.05, 3.63) is 89.1 Å². The van der Waals surface area contributed by atoms with Crippen LogP contribution in [0.5, 0.6) is 5.75 Å². The number of methoxy groups -OCH3 is 1. The van der Waals surface area contributed by atoms with E-state index in [-0.39, 0.29) is 11.6 Å². The number of esters is 1. The second kappa shape index (κ2) is 8.12. The van der Waals surface area contributed by atoms with Gasteiger partial charge in [-0.15, -0.1) is 0 Å². The summed E-state index contributed by atoms with van der Waals surface area (Å²) >= 11 is 0. The molecule has 0 saturated carbocycles. The third kappa shape index (κ3) is 4.36. The maximum absolute atomic E-state index is 11.9. The zero-order chi connectivity index (χ0) is 18.4. The number of hydrogen-bond acceptors (Lipinski definition) is 4. The highest BCUT2D eigenvalue weighted by Crippen LogP contribution is 2.19. The van der Waals surface area contributed by atoms with Gasteiger partial charge in [0.1, 0.15) is 5.75 Å². The molecule has 0 atom stereocenters. The van der Waals surface area contributed by atoms with Crippen molar-refractivity contribution in [1.82, 2.24) is 0 Å². The third-order valence-electron chi connectivity index (χ3n) is 3.80. The van der Waals surface area contributed by atoms with Crippen molar-refractivity contribution in [2.24, 2.45) is 4.99 Å². The van der Waals surface area contributed by atoms with Gasteiger partial charge in [-0.2, -0.15) is 0 Å². The second-order valence-electron chi connectivity index (χ2n) is 5.74. The molecule has 3 rings (SSSR count). The van der Waals surface area contributed by atoms with Crippen molar-refractivity contribution in [1.29, 1.82) is 0 Å². The SMILES string of the molecule is COc1ccccc1C=CC=C1N=C(C=Cc2ccc(C)cc2)OC1=O. The molecule has 0 spiro atoms. The van der Waals surface area contributed by atoms with Crippen molar-refractivity contribution in [2.45, 2.75) is 6.92 Å². The molecule has 0 amide bonds. The van der Waals surface area contributed by atoms with E-state index in [4.69, 9.17) is 9.47 Å². The average Bonchev–Trinajstić information content (AvgIpc) is 3.01. The first-order valence-electron chi connectivity index (χ1n) is 8.23. The highest BCUT2D eigenvalue weighted by atomic mass is 16.6. The van der Waals surface area contributed by atoms with Crippen LogP contribution in [0.3, 0.4) is 0 Å². The van der Waals surface area contributed by atoms with Gasteiger partial charge in [0.25, 0.3) is 0 Å². The van der Waals surface area contributed by atoms with Gasteiger partial charge in [0.2, 0.25) is 5.90 Å². The van der Waals surface area contributed by atoms with E-state index in [1.807, 2.05) is 67.6 Å². The van der Waals surface area contributed by atoms with E-state index in [1.54, 1.807) is 25.3 Å². The Hall–Kier alpha value is -3.40. The van der Waals surface area contributed by atoms with Crippen LogP contribution in [0.1, 0.15) is 16.7 Å². The molecule has 0 saturated heterocycles. The Morgan fingerprint density at radius 3 is 2.54 bits per heavy atom. The standard InChI is InChI=1S/C22H19NO3/c1-16-10-12-17(13-11-16)14-15-21-23-19(22(24)26-21)8-5-7-18-6-3-4-9-20(18)25-2/h3-15H,1-2H3. The van der Waals surface area contributed by atoms with Crippen LogP contribution in [0, 0.1) is 6.92 Å². The predicted octanol–water partition coefficient (Wildman–Crippen LogP) is 4.57. The first kappa shape index (κ1) is 17.4. The molecule has 4 nitrogen and oxygen atoms in total. The number of aliphatic imine (C=N–C) groups is 1. The smallest absolute Gasteiger partial charge is 0.363 e. The summed E-state index contributed by atoms with van der Waals surface area (Å²) in [5.74, 6) is 0.590. The number of carbonyl (C=O) groups is 1. The van der Waals surface area contributed by atoms with Crippen molar-refractivity contribution >= 4 is 24.0 Å². The van der Waals surface area contributed by atoms with E-state index in [1.165, 1.54) is 5.56 Å². The molecule has 0 bridgehead atoms. The molecular formula is C22H19NO3. The zero-order valence-electron chi connectivity index (χ0n) is 14.7. The van der Waals surface area contributed by atoms with Crippen molar-refractivity contribution in [2.75, 3.05) is 7.11 Å². The number of rotatable bonds is 5. The van der Waals surface area contributed by atoms with Crippen LogP contribution >= 0.6 is 0 Å². The molecule has 4 heteroatoms. The summed E-state index contributed by atoms with van der Waals surface area (Å²) in [6.45, 7) is 2.03. The molecule has 2 aromatic carbocycles. The van der Waals surface area contributed by atoms with Gasteiger partial charge in [-0.05, 0) is 30.7 Å². The first-order valence-corrected chi connectivity index (χ1v) is 8.23. The lowest BCUT2D eigenvalue weighted by molar-refractivity contribution is -0.129. The van der Waals surface area contributed by atoms with Gasteiger partial charge < -0.3 is 9.47 Å². The number of benzene rings is 2. The first-order chi connectivity index (χ1) is 12.7. The summed E-state index contributed by atoms with van der Waals surface area (Å²) in [5.41, 5.74) is 3.39. The fourth-order valence-electron chi connectivity index (χ4n) is 2.40. The summed E-state index contributed by atoms with van der Waals surface area (Å²) in [6.07, 6.45) is 8.79. The van der Waals surface area contributed by atoms with E-state index in [0.717, 1.165) is 16.9 Å². The summed E-state index contributed by atoms with van der Waals surface area (Å²) in [7, 11) is 1.62. The number of nitrogens with zero attached hydrogens (tertiary/aromatic N) is 1. The maximum Gasteiger partial charge on any atom is 0.363 e. The van der Waals surface area contributed by atoms with Gasteiger partial charge in [0.15, 0.2) is 5.70 Å². The van der Waals surface area contributed by atoms with Gasteiger partial charge in [0, 0.05) is 11.6 Å². The molecule has 26 heavy (non-hydrogen) atoms.